The van der Waals surface area contributed by atoms with Crippen LogP contribution in [0.2, 0.25) is 0 Å². The van der Waals surface area contributed by atoms with Crippen molar-refractivity contribution in [2.45, 2.75) is 44.1 Å². The van der Waals surface area contributed by atoms with Crippen LogP contribution in [0.15, 0.2) is 42.5 Å². The van der Waals surface area contributed by atoms with Gasteiger partial charge in [0.25, 0.3) is 5.91 Å². The van der Waals surface area contributed by atoms with Crippen molar-refractivity contribution in [3.05, 3.63) is 42.5 Å². The van der Waals surface area contributed by atoms with Gasteiger partial charge in [-0.1, -0.05) is 55.7 Å². The molecule has 146 valence electrons. The molecule has 1 saturated heterocycles. The van der Waals surface area contributed by atoms with Crippen molar-refractivity contribution in [2.75, 3.05) is 18.5 Å². The molecule has 1 heterocycles. The molecular formula is C22H25N3O3. The van der Waals surface area contributed by atoms with Crippen LogP contribution in [-0.4, -0.2) is 41.9 Å². The number of fused-ring (bicyclic) bond motifs is 1. The van der Waals surface area contributed by atoms with E-state index in [9.17, 15) is 14.4 Å². The van der Waals surface area contributed by atoms with Crippen LogP contribution >= 0.6 is 0 Å². The molecule has 2 fully saturated rings. The highest BCUT2D eigenvalue weighted by Gasteiger charge is 2.51. The minimum Gasteiger partial charge on any atom is -0.323 e. The van der Waals surface area contributed by atoms with Crippen LogP contribution in [0.5, 0.6) is 0 Å². The zero-order valence-electron chi connectivity index (χ0n) is 16.1. The molecule has 0 aromatic heterocycles. The monoisotopic (exact) mass is 379 g/mol. The summed E-state index contributed by atoms with van der Waals surface area (Å²) >= 11 is 0. The second-order valence-corrected chi connectivity index (χ2v) is 7.73. The lowest BCUT2D eigenvalue weighted by molar-refractivity contribution is -0.132. The molecule has 0 bridgehead atoms. The Morgan fingerprint density at radius 1 is 1.07 bits per heavy atom. The van der Waals surface area contributed by atoms with E-state index in [1.165, 1.54) is 4.90 Å². The summed E-state index contributed by atoms with van der Waals surface area (Å²) in [6, 6.07) is 13.4. The van der Waals surface area contributed by atoms with E-state index in [1.807, 2.05) is 42.5 Å². The summed E-state index contributed by atoms with van der Waals surface area (Å²) in [5.74, 6) is -0.292. The van der Waals surface area contributed by atoms with Crippen molar-refractivity contribution < 1.29 is 14.4 Å². The maximum atomic E-state index is 12.8. The Morgan fingerprint density at radius 2 is 1.79 bits per heavy atom. The lowest BCUT2D eigenvalue weighted by Crippen LogP contribution is -2.48. The first-order valence-electron chi connectivity index (χ1n) is 9.90. The first-order chi connectivity index (χ1) is 13.5. The predicted molar refractivity (Wildman–Crippen MR) is 108 cm³/mol. The Hall–Kier alpha value is -2.89. The summed E-state index contributed by atoms with van der Waals surface area (Å²) in [6.45, 7) is 0.111. The number of amides is 4. The van der Waals surface area contributed by atoms with Crippen molar-refractivity contribution in [1.29, 1.82) is 0 Å². The Morgan fingerprint density at radius 3 is 2.57 bits per heavy atom. The number of carbonyl (C=O) groups is 3. The number of rotatable bonds is 4. The number of carbonyl (C=O) groups excluding carboxylic acids is 3. The fourth-order valence-corrected chi connectivity index (χ4v) is 4.38. The number of anilines is 1. The maximum Gasteiger partial charge on any atom is 0.325 e. The van der Waals surface area contributed by atoms with Crippen molar-refractivity contribution in [1.82, 2.24) is 10.2 Å². The Labute approximate surface area is 164 Å². The molecule has 1 aliphatic carbocycles. The molecule has 4 rings (SSSR count). The van der Waals surface area contributed by atoms with Gasteiger partial charge in [0.1, 0.15) is 5.54 Å². The smallest absolute Gasteiger partial charge is 0.323 e. The van der Waals surface area contributed by atoms with Crippen molar-refractivity contribution in [2.24, 2.45) is 0 Å². The van der Waals surface area contributed by atoms with Crippen molar-refractivity contribution in [3.63, 3.8) is 0 Å². The molecule has 1 spiro atoms. The molecule has 0 radical (unpaired) electrons. The lowest BCUT2D eigenvalue weighted by Gasteiger charge is -2.30. The average molecular weight is 379 g/mol. The number of nitrogens with zero attached hydrogens (tertiary/aromatic N) is 2. The molecule has 1 aliphatic heterocycles. The third-order valence-electron chi connectivity index (χ3n) is 6.00. The van der Waals surface area contributed by atoms with E-state index in [1.54, 1.807) is 11.9 Å². The molecular weight excluding hydrogens is 354 g/mol. The molecule has 4 amide bonds. The highest BCUT2D eigenvalue weighted by molar-refractivity contribution is 6.08. The fraction of sp³-hybridized carbons (Fsp3) is 0.409. The van der Waals surface area contributed by atoms with Gasteiger partial charge in [-0.3, -0.25) is 14.5 Å². The van der Waals surface area contributed by atoms with Crippen molar-refractivity contribution in [3.8, 4) is 0 Å². The van der Waals surface area contributed by atoms with Gasteiger partial charge in [-0.25, -0.2) is 4.79 Å². The minimum absolute atomic E-state index is 0.106. The van der Waals surface area contributed by atoms with E-state index in [0.717, 1.165) is 35.7 Å². The zero-order valence-corrected chi connectivity index (χ0v) is 16.1. The number of hydrogen-bond donors (Lipinski definition) is 1. The van der Waals surface area contributed by atoms with E-state index in [2.05, 4.69) is 5.32 Å². The topological polar surface area (TPSA) is 69.7 Å². The van der Waals surface area contributed by atoms with Crippen LogP contribution in [-0.2, 0) is 9.59 Å². The predicted octanol–water partition coefficient (Wildman–Crippen LogP) is 3.45. The van der Waals surface area contributed by atoms with Crippen LogP contribution in [0.3, 0.4) is 0 Å². The van der Waals surface area contributed by atoms with E-state index in [0.29, 0.717) is 12.8 Å². The largest absolute Gasteiger partial charge is 0.325 e. The quantitative estimate of drug-likeness (QED) is 0.827. The van der Waals surface area contributed by atoms with Gasteiger partial charge < -0.3 is 10.2 Å². The van der Waals surface area contributed by atoms with Gasteiger partial charge in [0.2, 0.25) is 5.91 Å². The van der Waals surface area contributed by atoms with E-state index in [4.69, 9.17) is 0 Å². The SMILES string of the molecule is CN(C(=O)CCN1C(=O)NC2(CCCCC2)C1=O)c1cccc2ccccc12. The minimum atomic E-state index is -0.736. The van der Waals surface area contributed by atoms with Gasteiger partial charge in [0, 0.05) is 25.4 Å². The number of urea groups is 1. The summed E-state index contributed by atoms with van der Waals surface area (Å²) in [7, 11) is 1.73. The Bertz CT molecular complexity index is 928. The summed E-state index contributed by atoms with van der Waals surface area (Å²) in [4.78, 5) is 40.8. The highest BCUT2D eigenvalue weighted by atomic mass is 16.2. The number of hydrogen-bond acceptors (Lipinski definition) is 3. The zero-order chi connectivity index (χ0) is 19.7. The van der Waals surface area contributed by atoms with Gasteiger partial charge in [-0.05, 0) is 24.3 Å². The Kier molecular flexibility index (Phi) is 4.79. The van der Waals surface area contributed by atoms with Crippen LogP contribution < -0.4 is 10.2 Å². The van der Waals surface area contributed by atoms with E-state index >= 15 is 0 Å². The average Bonchev–Trinajstić information content (AvgIpc) is 2.94. The molecule has 2 aromatic carbocycles. The van der Waals surface area contributed by atoms with E-state index < -0.39 is 5.54 Å². The molecule has 1 N–H and O–H groups in total. The second-order valence-electron chi connectivity index (χ2n) is 7.73. The summed E-state index contributed by atoms with van der Waals surface area (Å²) in [5.41, 5.74) is 0.0870. The third-order valence-corrected chi connectivity index (χ3v) is 6.00. The van der Waals surface area contributed by atoms with Gasteiger partial charge in [0.15, 0.2) is 0 Å². The summed E-state index contributed by atoms with van der Waals surface area (Å²) in [5, 5.41) is 4.95. The highest BCUT2D eigenvalue weighted by Crippen LogP contribution is 2.34. The van der Waals surface area contributed by atoms with E-state index in [-0.39, 0.29) is 30.8 Å². The first kappa shape index (κ1) is 18.5. The summed E-state index contributed by atoms with van der Waals surface area (Å²) < 4.78 is 0. The molecule has 1 saturated carbocycles. The number of imide groups is 1. The van der Waals surface area contributed by atoms with Crippen molar-refractivity contribution >= 4 is 34.3 Å². The lowest BCUT2D eigenvalue weighted by atomic mass is 9.82. The van der Waals surface area contributed by atoms with Gasteiger partial charge in [-0.15, -0.1) is 0 Å². The second kappa shape index (κ2) is 7.26. The molecule has 0 atom stereocenters. The summed E-state index contributed by atoms with van der Waals surface area (Å²) in [6.07, 6.45) is 4.48. The molecule has 0 unspecified atom stereocenters. The maximum absolute atomic E-state index is 12.8. The molecule has 2 aliphatic rings. The normalized spacial score (nSPS) is 18.5. The third kappa shape index (κ3) is 3.13. The Balaban J connectivity index is 1.45. The van der Waals surface area contributed by atoms with Gasteiger partial charge >= 0.3 is 6.03 Å². The number of benzene rings is 2. The molecule has 28 heavy (non-hydrogen) atoms. The fourth-order valence-electron chi connectivity index (χ4n) is 4.38. The molecule has 6 heteroatoms. The standard InChI is InChI=1S/C22H25N3O3/c1-24(18-11-7-9-16-8-3-4-10-17(16)18)19(26)12-15-25-20(27)22(23-21(25)28)13-5-2-6-14-22/h3-4,7-11H,2,5-6,12-15H2,1H3,(H,23,28). The van der Waals surface area contributed by atoms with Crippen LogP contribution in [0.25, 0.3) is 10.8 Å². The van der Waals surface area contributed by atoms with Gasteiger partial charge in [0.05, 0.1) is 5.69 Å². The molecule has 6 nitrogen and oxygen atoms in total. The van der Waals surface area contributed by atoms with Crippen LogP contribution in [0, 0.1) is 0 Å². The number of nitrogens with one attached hydrogen (secondary N) is 1. The van der Waals surface area contributed by atoms with Crippen LogP contribution in [0.1, 0.15) is 38.5 Å². The van der Waals surface area contributed by atoms with Crippen LogP contribution in [0.4, 0.5) is 10.5 Å². The molecule has 2 aromatic rings. The van der Waals surface area contributed by atoms with Gasteiger partial charge in [-0.2, -0.15) is 0 Å². The first-order valence-corrected chi connectivity index (χ1v) is 9.90.